The summed E-state index contributed by atoms with van der Waals surface area (Å²) in [6.07, 6.45) is 1.58. The summed E-state index contributed by atoms with van der Waals surface area (Å²) < 4.78 is 25.6. The van der Waals surface area contributed by atoms with Crippen LogP contribution >= 0.6 is 0 Å². The third kappa shape index (κ3) is 1.50. The Hall–Kier alpha value is -1.62. The van der Waals surface area contributed by atoms with Gasteiger partial charge in [0.25, 0.3) is 0 Å². The highest BCUT2D eigenvalue weighted by Gasteiger charge is 2.67. The minimum absolute atomic E-state index is 0.0586. The number of rotatable bonds is 2. The van der Waals surface area contributed by atoms with E-state index in [0.29, 0.717) is 12.2 Å². The number of likely N-dealkylation sites (N-methyl/N-ethyl adjacent to an activating group) is 1. The van der Waals surface area contributed by atoms with Crippen LogP contribution in [0.3, 0.4) is 0 Å². The minimum atomic E-state index is -0.466. The van der Waals surface area contributed by atoms with E-state index in [9.17, 15) is 9.18 Å². The van der Waals surface area contributed by atoms with Gasteiger partial charge in [0.1, 0.15) is 0 Å². The molecule has 128 valence electrons. The molecule has 2 aliphatic carbocycles. The summed E-state index contributed by atoms with van der Waals surface area (Å²) in [7, 11) is 3.76. The largest absolute Gasteiger partial charge is 0.493 e. The standard InChI is InChI=1S/C19H22FNO3/c1-21-6-5-19-15-11(9-20)8-13(22)18(19)24-17-14(23-2)4-3-10(16(17)19)7-12(15)21/h3-4,11-12,15,18H,5-9H2,1-2H3/t11-,12?,15?,18+,19?/m1/s1. The molecule has 0 N–H and O–H groups in total. The first kappa shape index (κ1) is 14.7. The van der Waals surface area contributed by atoms with Gasteiger partial charge >= 0.3 is 0 Å². The summed E-state index contributed by atoms with van der Waals surface area (Å²) in [6.45, 7) is 0.493. The highest BCUT2D eigenvalue weighted by Crippen LogP contribution is 2.64. The Kier molecular flexibility index (Phi) is 2.89. The minimum Gasteiger partial charge on any atom is -0.493 e. The number of hydrogen-bond acceptors (Lipinski definition) is 4. The predicted octanol–water partition coefficient (Wildman–Crippen LogP) is 2.13. The highest BCUT2D eigenvalue weighted by atomic mass is 19.1. The number of alkyl halides is 1. The molecule has 1 aromatic carbocycles. The van der Waals surface area contributed by atoms with Gasteiger partial charge in [0.05, 0.1) is 13.8 Å². The van der Waals surface area contributed by atoms with Gasteiger partial charge in [-0.25, -0.2) is 0 Å². The molecule has 2 fully saturated rings. The Morgan fingerprint density at radius 3 is 3.00 bits per heavy atom. The number of hydrogen-bond donors (Lipinski definition) is 0. The number of likely N-dealkylation sites (tertiary alicyclic amines) is 1. The summed E-state index contributed by atoms with van der Waals surface area (Å²) in [5.41, 5.74) is 2.03. The van der Waals surface area contributed by atoms with E-state index in [1.54, 1.807) is 7.11 Å². The van der Waals surface area contributed by atoms with E-state index in [2.05, 4.69) is 18.0 Å². The molecule has 2 bridgehead atoms. The molecule has 1 aromatic rings. The maximum absolute atomic E-state index is 13.9. The Balaban J connectivity index is 1.81. The van der Waals surface area contributed by atoms with Gasteiger partial charge in [-0.1, -0.05) is 6.07 Å². The number of piperidine rings is 1. The van der Waals surface area contributed by atoms with Crippen LogP contribution in [0.2, 0.25) is 0 Å². The molecule has 3 unspecified atom stereocenters. The summed E-state index contributed by atoms with van der Waals surface area (Å²) >= 11 is 0. The third-order valence-corrected chi connectivity index (χ3v) is 6.94. The van der Waals surface area contributed by atoms with Crippen molar-refractivity contribution in [3.05, 3.63) is 23.3 Å². The fourth-order valence-corrected chi connectivity index (χ4v) is 6.06. The lowest BCUT2D eigenvalue weighted by atomic mass is 9.49. The van der Waals surface area contributed by atoms with E-state index in [1.165, 1.54) is 5.56 Å². The highest BCUT2D eigenvalue weighted by molar-refractivity contribution is 5.89. The fourth-order valence-electron chi connectivity index (χ4n) is 6.06. The van der Waals surface area contributed by atoms with Crippen molar-refractivity contribution in [2.75, 3.05) is 27.4 Å². The van der Waals surface area contributed by atoms with Crippen LogP contribution in [0.5, 0.6) is 11.5 Å². The molecule has 2 heterocycles. The van der Waals surface area contributed by atoms with E-state index in [4.69, 9.17) is 9.47 Å². The molecule has 0 radical (unpaired) electrons. The quantitative estimate of drug-likeness (QED) is 0.832. The first-order valence-corrected chi connectivity index (χ1v) is 8.77. The molecule has 24 heavy (non-hydrogen) atoms. The Morgan fingerprint density at radius 2 is 2.25 bits per heavy atom. The van der Waals surface area contributed by atoms with Crippen LogP contribution in [0.4, 0.5) is 4.39 Å². The van der Waals surface area contributed by atoms with Crippen LogP contribution in [0.25, 0.3) is 0 Å². The molecule has 5 heteroatoms. The number of ether oxygens (including phenoxy) is 2. The number of nitrogens with zero attached hydrogens (tertiary/aromatic N) is 1. The first-order valence-electron chi connectivity index (χ1n) is 8.77. The molecule has 1 saturated carbocycles. The van der Waals surface area contributed by atoms with Gasteiger partial charge in [0, 0.05) is 23.4 Å². The van der Waals surface area contributed by atoms with E-state index < -0.39 is 12.8 Å². The van der Waals surface area contributed by atoms with Gasteiger partial charge in [0.15, 0.2) is 23.4 Å². The van der Waals surface area contributed by atoms with Crippen molar-refractivity contribution in [1.82, 2.24) is 4.90 Å². The number of ketones is 1. The topological polar surface area (TPSA) is 38.8 Å². The monoisotopic (exact) mass is 331 g/mol. The maximum Gasteiger partial charge on any atom is 0.174 e. The number of Topliss-reactive ketones (excluding diaryl/α,β-unsaturated/α-hetero) is 1. The third-order valence-electron chi connectivity index (χ3n) is 6.94. The van der Waals surface area contributed by atoms with Crippen LogP contribution in [0.15, 0.2) is 12.1 Å². The zero-order valence-electron chi connectivity index (χ0n) is 14.0. The number of carbonyl (C=O) groups is 1. The van der Waals surface area contributed by atoms with Crippen molar-refractivity contribution in [2.45, 2.75) is 36.8 Å². The van der Waals surface area contributed by atoms with E-state index in [1.807, 2.05) is 6.07 Å². The van der Waals surface area contributed by atoms with E-state index in [0.717, 1.165) is 30.7 Å². The van der Waals surface area contributed by atoms with Crippen molar-refractivity contribution < 1.29 is 18.7 Å². The van der Waals surface area contributed by atoms with Gasteiger partial charge in [0.2, 0.25) is 0 Å². The van der Waals surface area contributed by atoms with Gasteiger partial charge < -0.3 is 14.4 Å². The van der Waals surface area contributed by atoms with Gasteiger partial charge in [-0.15, -0.1) is 0 Å². The van der Waals surface area contributed by atoms with Crippen LogP contribution < -0.4 is 9.47 Å². The first-order chi connectivity index (χ1) is 11.6. The molecular formula is C19H22FNO3. The molecule has 4 aliphatic rings. The van der Waals surface area contributed by atoms with Crippen molar-refractivity contribution in [1.29, 1.82) is 0 Å². The van der Waals surface area contributed by atoms with E-state index >= 15 is 0 Å². The summed E-state index contributed by atoms with van der Waals surface area (Å²) in [6, 6.07) is 4.33. The van der Waals surface area contributed by atoms with Crippen molar-refractivity contribution >= 4 is 5.78 Å². The van der Waals surface area contributed by atoms with Gasteiger partial charge in [-0.2, -0.15) is 0 Å². The molecule has 1 spiro atoms. The van der Waals surface area contributed by atoms with Crippen LogP contribution in [-0.4, -0.2) is 50.2 Å². The van der Waals surface area contributed by atoms with Gasteiger partial charge in [-0.05, 0) is 49.9 Å². The zero-order valence-corrected chi connectivity index (χ0v) is 14.0. The molecule has 0 aromatic heterocycles. The van der Waals surface area contributed by atoms with Crippen molar-refractivity contribution in [2.24, 2.45) is 11.8 Å². The van der Waals surface area contributed by atoms with Crippen LogP contribution in [0.1, 0.15) is 24.0 Å². The Bertz CT molecular complexity index is 736. The van der Waals surface area contributed by atoms with Crippen LogP contribution in [0, 0.1) is 11.8 Å². The smallest absolute Gasteiger partial charge is 0.174 e. The van der Waals surface area contributed by atoms with Gasteiger partial charge in [-0.3, -0.25) is 9.18 Å². The summed E-state index contributed by atoms with van der Waals surface area (Å²) in [5.74, 6) is 1.43. The second-order valence-electron chi connectivity index (χ2n) is 7.78. The van der Waals surface area contributed by atoms with Crippen molar-refractivity contribution in [3.8, 4) is 11.5 Å². The normalized spacial score (nSPS) is 39.4. The SMILES string of the molecule is COc1ccc2c3c1O[C@H]1C(=O)C[C@H](CF)C4C(C2)N(C)CCC341. The molecular weight excluding hydrogens is 309 g/mol. The average molecular weight is 331 g/mol. The van der Waals surface area contributed by atoms with Crippen LogP contribution in [-0.2, 0) is 16.6 Å². The molecule has 2 aliphatic heterocycles. The Labute approximate surface area is 140 Å². The molecule has 5 rings (SSSR count). The number of carbonyl (C=O) groups excluding carboxylic acids is 1. The molecule has 5 atom stereocenters. The Morgan fingerprint density at radius 1 is 1.42 bits per heavy atom. The lowest BCUT2D eigenvalue weighted by molar-refractivity contribution is -0.144. The molecule has 0 amide bonds. The summed E-state index contributed by atoms with van der Waals surface area (Å²) in [5, 5.41) is 0. The second kappa shape index (κ2) is 4.72. The maximum atomic E-state index is 13.9. The lowest BCUT2D eigenvalue weighted by Gasteiger charge is -2.59. The number of methoxy groups -OCH3 is 1. The fraction of sp³-hybridized carbons (Fsp3) is 0.632. The van der Waals surface area contributed by atoms with Crippen molar-refractivity contribution in [3.63, 3.8) is 0 Å². The number of halogens is 1. The second-order valence-corrected chi connectivity index (χ2v) is 7.78. The van der Waals surface area contributed by atoms with E-state index in [-0.39, 0.29) is 29.1 Å². The predicted molar refractivity (Wildman–Crippen MR) is 86.4 cm³/mol. The average Bonchev–Trinajstić information content (AvgIpc) is 2.94. The molecule has 4 nitrogen and oxygen atoms in total. The zero-order chi connectivity index (χ0) is 16.6. The molecule has 1 saturated heterocycles. The lowest BCUT2D eigenvalue weighted by Crippen LogP contribution is -2.68. The summed E-state index contributed by atoms with van der Waals surface area (Å²) in [4.78, 5) is 15.2. The number of benzene rings is 1.